The normalized spacial score (nSPS) is 17.0. The van der Waals surface area contributed by atoms with Crippen LogP contribution in [0.3, 0.4) is 0 Å². The van der Waals surface area contributed by atoms with Crippen LogP contribution in [0.5, 0.6) is 0 Å². The van der Waals surface area contributed by atoms with Crippen molar-refractivity contribution in [3.8, 4) is 0 Å². The summed E-state index contributed by atoms with van der Waals surface area (Å²) in [5.74, 6) is 0. The molecular formula is C13H15N3. The van der Waals surface area contributed by atoms with Gasteiger partial charge in [0, 0.05) is 18.9 Å². The summed E-state index contributed by atoms with van der Waals surface area (Å²) < 4.78 is 0. The third-order valence-electron chi connectivity index (χ3n) is 3.11. The zero-order chi connectivity index (χ0) is 10.8. The van der Waals surface area contributed by atoms with E-state index in [9.17, 15) is 0 Å². The molecule has 3 nitrogen and oxygen atoms in total. The molecular weight excluding hydrogens is 198 g/mol. The fraction of sp³-hybridized carbons (Fsp3) is 0.385. The Morgan fingerprint density at radius 2 is 2.00 bits per heavy atom. The second-order valence-corrected chi connectivity index (χ2v) is 4.37. The Morgan fingerprint density at radius 3 is 2.88 bits per heavy atom. The summed E-state index contributed by atoms with van der Waals surface area (Å²) in [4.78, 5) is 11.2. The zero-order valence-electron chi connectivity index (χ0n) is 9.26. The highest BCUT2D eigenvalue weighted by molar-refractivity contribution is 5.73. The lowest BCUT2D eigenvalue weighted by Gasteiger charge is -2.14. The van der Waals surface area contributed by atoms with Crippen LogP contribution in [0, 0.1) is 0 Å². The van der Waals surface area contributed by atoms with Crippen LogP contribution in [0.2, 0.25) is 0 Å². The highest BCUT2D eigenvalue weighted by atomic mass is 15.1. The van der Waals surface area contributed by atoms with Gasteiger partial charge in [-0.2, -0.15) is 0 Å². The molecule has 2 aromatic rings. The van der Waals surface area contributed by atoms with Crippen molar-refractivity contribution in [3.05, 3.63) is 36.2 Å². The Bertz CT molecular complexity index is 489. The van der Waals surface area contributed by atoms with Gasteiger partial charge >= 0.3 is 0 Å². The summed E-state index contributed by atoms with van der Waals surface area (Å²) in [6, 6.07) is 6.08. The van der Waals surface area contributed by atoms with Gasteiger partial charge in [0.25, 0.3) is 0 Å². The fourth-order valence-corrected chi connectivity index (χ4v) is 2.28. The van der Waals surface area contributed by atoms with Crippen LogP contribution in [0.25, 0.3) is 11.0 Å². The molecule has 0 amide bonds. The van der Waals surface area contributed by atoms with Crippen LogP contribution in [0.15, 0.2) is 30.6 Å². The molecule has 1 fully saturated rings. The average Bonchev–Trinajstić information content (AvgIpc) is 2.82. The quantitative estimate of drug-likeness (QED) is 0.766. The van der Waals surface area contributed by atoms with Crippen LogP contribution in [-0.4, -0.2) is 28.0 Å². The summed E-state index contributed by atoms with van der Waals surface area (Å²) >= 11 is 0. The largest absolute Gasteiger partial charge is 0.299 e. The molecule has 82 valence electrons. The highest BCUT2D eigenvalue weighted by Gasteiger charge is 2.11. The molecule has 0 aliphatic carbocycles. The molecule has 3 heteroatoms. The first-order valence-corrected chi connectivity index (χ1v) is 5.84. The van der Waals surface area contributed by atoms with Gasteiger partial charge < -0.3 is 0 Å². The second kappa shape index (κ2) is 4.18. The minimum atomic E-state index is 0.979. The van der Waals surface area contributed by atoms with E-state index in [0.717, 1.165) is 17.6 Å². The number of rotatable bonds is 2. The van der Waals surface area contributed by atoms with E-state index in [4.69, 9.17) is 0 Å². The highest BCUT2D eigenvalue weighted by Crippen LogP contribution is 2.15. The van der Waals surface area contributed by atoms with Gasteiger partial charge in [-0.3, -0.25) is 14.9 Å². The van der Waals surface area contributed by atoms with Crippen LogP contribution >= 0.6 is 0 Å². The molecule has 2 aromatic heterocycles. The maximum Gasteiger partial charge on any atom is 0.0889 e. The Balaban J connectivity index is 1.86. The summed E-state index contributed by atoms with van der Waals surface area (Å²) in [6.07, 6.45) is 6.46. The predicted molar refractivity (Wildman–Crippen MR) is 64.0 cm³/mol. The molecule has 3 heterocycles. The topological polar surface area (TPSA) is 29.0 Å². The van der Waals surface area contributed by atoms with E-state index >= 15 is 0 Å². The van der Waals surface area contributed by atoms with Gasteiger partial charge in [-0.25, -0.2) is 0 Å². The number of hydrogen-bond acceptors (Lipinski definition) is 3. The zero-order valence-corrected chi connectivity index (χ0v) is 9.26. The second-order valence-electron chi connectivity index (χ2n) is 4.37. The van der Waals surface area contributed by atoms with Gasteiger partial charge in [-0.1, -0.05) is 0 Å². The molecule has 0 spiro atoms. The Hall–Kier alpha value is -1.48. The molecule has 3 rings (SSSR count). The van der Waals surface area contributed by atoms with Gasteiger partial charge in [0.1, 0.15) is 0 Å². The monoisotopic (exact) mass is 213 g/mol. The smallest absolute Gasteiger partial charge is 0.0889 e. The van der Waals surface area contributed by atoms with E-state index in [-0.39, 0.29) is 0 Å². The molecule has 1 aliphatic rings. The summed E-state index contributed by atoms with van der Waals surface area (Å²) in [5, 5.41) is 0. The molecule has 0 radical (unpaired) electrons. The Morgan fingerprint density at radius 1 is 1.12 bits per heavy atom. The van der Waals surface area contributed by atoms with Crippen LogP contribution in [0.1, 0.15) is 18.4 Å². The van der Waals surface area contributed by atoms with Crippen LogP contribution < -0.4 is 0 Å². The van der Waals surface area contributed by atoms with Gasteiger partial charge in [-0.15, -0.1) is 0 Å². The van der Waals surface area contributed by atoms with Crippen molar-refractivity contribution in [2.24, 2.45) is 0 Å². The first-order chi connectivity index (χ1) is 7.92. The number of nitrogens with zero attached hydrogens (tertiary/aromatic N) is 3. The van der Waals surface area contributed by atoms with Crippen molar-refractivity contribution in [3.63, 3.8) is 0 Å². The minimum absolute atomic E-state index is 0.979. The van der Waals surface area contributed by atoms with E-state index in [1.165, 1.54) is 31.5 Å². The average molecular weight is 213 g/mol. The summed E-state index contributed by atoms with van der Waals surface area (Å²) in [7, 11) is 0. The standard InChI is InChI=1S/C13H15N3/c1-2-7-16(6-1)10-11-8-13-12(15-9-11)4-3-5-14-13/h3-5,8-9H,1-2,6-7,10H2. The van der Waals surface area contributed by atoms with Gasteiger partial charge in [-0.05, 0) is 49.7 Å². The first kappa shape index (κ1) is 9.73. The van der Waals surface area contributed by atoms with Crippen molar-refractivity contribution in [1.82, 2.24) is 14.9 Å². The summed E-state index contributed by atoms with van der Waals surface area (Å²) in [6.45, 7) is 3.46. The maximum atomic E-state index is 4.43. The third-order valence-corrected chi connectivity index (χ3v) is 3.11. The molecule has 1 saturated heterocycles. The molecule has 0 atom stereocenters. The van der Waals surface area contributed by atoms with Crippen LogP contribution in [-0.2, 0) is 6.54 Å². The van der Waals surface area contributed by atoms with Crippen molar-refractivity contribution in [2.75, 3.05) is 13.1 Å². The van der Waals surface area contributed by atoms with Gasteiger partial charge in [0.15, 0.2) is 0 Å². The Labute approximate surface area is 95.1 Å². The predicted octanol–water partition coefficient (Wildman–Crippen LogP) is 2.23. The van der Waals surface area contributed by atoms with E-state index in [1.807, 2.05) is 24.5 Å². The van der Waals surface area contributed by atoms with Crippen molar-refractivity contribution >= 4 is 11.0 Å². The van der Waals surface area contributed by atoms with Crippen molar-refractivity contribution < 1.29 is 0 Å². The van der Waals surface area contributed by atoms with Gasteiger partial charge in [0.2, 0.25) is 0 Å². The molecule has 0 bridgehead atoms. The number of hydrogen-bond donors (Lipinski definition) is 0. The SMILES string of the molecule is c1cnc2cc(CN3CCCC3)cnc2c1. The lowest BCUT2D eigenvalue weighted by Crippen LogP contribution is -2.18. The van der Waals surface area contributed by atoms with Gasteiger partial charge in [0.05, 0.1) is 11.0 Å². The van der Waals surface area contributed by atoms with Crippen molar-refractivity contribution in [2.45, 2.75) is 19.4 Å². The van der Waals surface area contributed by atoms with E-state index in [0.29, 0.717) is 0 Å². The molecule has 16 heavy (non-hydrogen) atoms. The third kappa shape index (κ3) is 1.91. The number of likely N-dealkylation sites (tertiary alicyclic amines) is 1. The van der Waals surface area contributed by atoms with E-state index < -0.39 is 0 Å². The lowest BCUT2D eigenvalue weighted by molar-refractivity contribution is 0.331. The molecule has 0 aromatic carbocycles. The number of aromatic nitrogens is 2. The van der Waals surface area contributed by atoms with E-state index in [2.05, 4.69) is 20.9 Å². The minimum Gasteiger partial charge on any atom is -0.299 e. The summed E-state index contributed by atoms with van der Waals surface area (Å²) in [5.41, 5.74) is 3.25. The Kier molecular flexibility index (Phi) is 2.54. The maximum absolute atomic E-state index is 4.43. The molecule has 0 saturated carbocycles. The number of pyridine rings is 2. The fourth-order valence-electron chi connectivity index (χ4n) is 2.28. The molecule has 0 unspecified atom stereocenters. The molecule has 1 aliphatic heterocycles. The lowest BCUT2D eigenvalue weighted by atomic mass is 10.2. The van der Waals surface area contributed by atoms with E-state index in [1.54, 1.807) is 0 Å². The number of fused-ring (bicyclic) bond motifs is 1. The van der Waals surface area contributed by atoms with Crippen LogP contribution in [0.4, 0.5) is 0 Å². The molecule has 0 N–H and O–H groups in total. The van der Waals surface area contributed by atoms with Crippen molar-refractivity contribution in [1.29, 1.82) is 0 Å². The first-order valence-electron chi connectivity index (χ1n) is 5.84.